The molecule has 32 heavy (non-hydrogen) atoms. The number of piperidine rings is 1. The summed E-state index contributed by atoms with van der Waals surface area (Å²) in [5.74, 6) is -4.65. The number of alkyl halides is 5. The predicted molar refractivity (Wildman–Crippen MR) is 101 cm³/mol. The van der Waals surface area contributed by atoms with E-state index in [4.69, 9.17) is 4.74 Å². The number of carbonyl (C=O) groups excluding carboxylic acids is 1. The second-order valence-corrected chi connectivity index (χ2v) is 7.75. The first-order valence-corrected chi connectivity index (χ1v) is 10.0. The van der Waals surface area contributed by atoms with Gasteiger partial charge in [0.15, 0.2) is 0 Å². The van der Waals surface area contributed by atoms with Crippen LogP contribution in [0.2, 0.25) is 0 Å². The number of amides is 1. The Bertz CT molecular complexity index is 960. The lowest BCUT2D eigenvalue weighted by atomic mass is 10.00. The molecule has 12 heteroatoms. The third-order valence-corrected chi connectivity index (χ3v) is 5.63. The van der Waals surface area contributed by atoms with Gasteiger partial charge in [0, 0.05) is 62.2 Å². The van der Waals surface area contributed by atoms with Crippen molar-refractivity contribution < 1.29 is 31.5 Å². The zero-order chi connectivity index (χ0) is 22.9. The van der Waals surface area contributed by atoms with E-state index < -0.39 is 29.9 Å². The fourth-order valence-corrected chi connectivity index (χ4v) is 3.86. The molecule has 0 unspecified atom stereocenters. The summed E-state index contributed by atoms with van der Waals surface area (Å²) in [6, 6.07) is 2.75. The number of nitrogens with one attached hydrogen (secondary N) is 1. The lowest BCUT2D eigenvalue weighted by molar-refractivity contribution is -0.145. The molecule has 2 aliphatic heterocycles. The molecule has 4 heterocycles. The van der Waals surface area contributed by atoms with Crippen LogP contribution in [-0.4, -0.2) is 57.9 Å². The molecule has 172 valence electrons. The van der Waals surface area contributed by atoms with Crippen LogP contribution in [0.5, 0.6) is 5.88 Å². The number of rotatable bonds is 5. The molecule has 1 amide bonds. The molecule has 1 N–H and O–H groups in total. The molecule has 2 atom stereocenters. The number of carbonyl (C=O) groups is 1. The summed E-state index contributed by atoms with van der Waals surface area (Å²) in [5.41, 5.74) is 0.935. The number of ether oxygens (including phenoxy) is 1. The number of hydrogen-bond acceptors (Lipinski definition) is 6. The first-order chi connectivity index (χ1) is 15.1. The SMILES string of the molecule is O=C(NC[C@H](c1cnc(C(F)(F)F)nc1)N1CCC(F)(F)CC1)[C@@H]1COc2ncccc21. The van der Waals surface area contributed by atoms with E-state index in [0.29, 0.717) is 17.0 Å². The Morgan fingerprint density at radius 1 is 1.22 bits per heavy atom. The van der Waals surface area contributed by atoms with E-state index in [1.54, 1.807) is 23.2 Å². The summed E-state index contributed by atoms with van der Waals surface area (Å²) >= 11 is 0. The van der Waals surface area contributed by atoms with Crippen LogP contribution in [0.15, 0.2) is 30.7 Å². The van der Waals surface area contributed by atoms with Crippen LogP contribution in [0.25, 0.3) is 0 Å². The molecule has 0 spiro atoms. The second kappa shape index (κ2) is 8.57. The van der Waals surface area contributed by atoms with E-state index in [-0.39, 0.29) is 45.0 Å². The average Bonchev–Trinajstić information content (AvgIpc) is 3.19. The lowest BCUT2D eigenvalue weighted by Crippen LogP contribution is -2.45. The van der Waals surface area contributed by atoms with Gasteiger partial charge in [0.05, 0.1) is 6.04 Å². The average molecular weight is 457 g/mol. The summed E-state index contributed by atoms with van der Waals surface area (Å²) in [5, 5.41) is 2.77. The van der Waals surface area contributed by atoms with Crippen molar-refractivity contribution >= 4 is 5.91 Å². The highest BCUT2D eigenvalue weighted by Gasteiger charge is 2.39. The van der Waals surface area contributed by atoms with Crippen LogP contribution in [0.1, 0.15) is 41.8 Å². The maximum atomic E-state index is 13.6. The molecule has 2 aromatic rings. The van der Waals surface area contributed by atoms with Crippen LogP contribution < -0.4 is 10.1 Å². The minimum Gasteiger partial charge on any atom is -0.476 e. The van der Waals surface area contributed by atoms with Crippen LogP contribution >= 0.6 is 0 Å². The van der Waals surface area contributed by atoms with Gasteiger partial charge < -0.3 is 10.1 Å². The molecule has 0 aliphatic carbocycles. The summed E-state index contributed by atoms with van der Waals surface area (Å²) in [7, 11) is 0. The Labute approximate surface area is 180 Å². The largest absolute Gasteiger partial charge is 0.476 e. The summed E-state index contributed by atoms with van der Waals surface area (Å²) in [4.78, 5) is 25.3. The van der Waals surface area contributed by atoms with Gasteiger partial charge in [-0.15, -0.1) is 0 Å². The topological polar surface area (TPSA) is 80.2 Å². The van der Waals surface area contributed by atoms with E-state index in [9.17, 15) is 26.7 Å². The molecular formula is C20H20F5N5O2. The molecule has 0 saturated carbocycles. The van der Waals surface area contributed by atoms with Crippen molar-refractivity contribution in [2.24, 2.45) is 0 Å². The molecular weight excluding hydrogens is 437 g/mol. The summed E-state index contributed by atoms with van der Waals surface area (Å²) in [6.07, 6.45) is -1.86. The minimum absolute atomic E-state index is 0.00871. The van der Waals surface area contributed by atoms with Crippen molar-refractivity contribution in [1.29, 1.82) is 0 Å². The molecule has 0 bridgehead atoms. The van der Waals surface area contributed by atoms with Gasteiger partial charge in [-0.05, 0) is 6.07 Å². The minimum atomic E-state index is -4.70. The van der Waals surface area contributed by atoms with Crippen molar-refractivity contribution in [1.82, 2.24) is 25.2 Å². The molecule has 0 aromatic carbocycles. The number of aromatic nitrogens is 3. The highest BCUT2D eigenvalue weighted by Crippen LogP contribution is 2.34. The molecule has 2 aliphatic rings. The van der Waals surface area contributed by atoms with E-state index in [1.807, 2.05) is 0 Å². The number of likely N-dealkylation sites (tertiary alicyclic amines) is 1. The zero-order valence-electron chi connectivity index (χ0n) is 16.8. The fourth-order valence-electron chi connectivity index (χ4n) is 3.86. The van der Waals surface area contributed by atoms with Crippen molar-refractivity contribution in [2.45, 2.75) is 36.9 Å². The Morgan fingerprint density at radius 2 is 1.91 bits per heavy atom. The number of hydrogen-bond donors (Lipinski definition) is 1. The molecule has 7 nitrogen and oxygen atoms in total. The molecule has 4 rings (SSSR count). The van der Waals surface area contributed by atoms with Gasteiger partial charge in [-0.1, -0.05) is 6.07 Å². The number of nitrogens with zero attached hydrogens (tertiary/aromatic N) is 4. The van der Waals surface area contributed by atoms with Crippen molar-refractivity contribution in [3.05, 3.63) is 47.7 Å². The predicted octanol–water partition coefficient (Wildman–Crippen LogP) is 2.96. The standard InChI is InChI=1S/C20H20F5N5O2/c21-19(22)3-6-30(7-4-19)15(12-8-28-18(29-9-12)20(23,24)25)10-27-16(31)14-11-32-17-13(14)2-1-5-26-17/h1-2,5,8-9,14-15H,3-4,6-7,10-11H2,(H,27,31)/t14-,15-/m1/s1. The van der Waals surface area contributed by atoms with Crippen molar-refractivity contribution in [3.8, 4) is 5.88 Å². The highest BCUT2D eigenvalue weighted by molar-refractivity contribution is 5.85. The van der Waals surface area contributed by atoms with Crippen LogP contribution in [0, 0.1) is 0 Å². The third kappa shape index (κ3) is 4.79. The first kappa shape index (κ1) is 22.3. The van der Waals surface area contributed by atoms with Crippen molar-refractivity contribution in [2.75, 3.05) is 26.2 Å². The zero-order valence-corrected chi connectivity index (χ0v) is 16.8. The maximum absolute atomic E-state index is 13.6. The number of pyridine rings is 1. The molecule has 1 fully saturated rings. The van der Waals surface area contributed by atoms with E-state index in [1.165, 1.54) is 0 Å². The van der Waals surface area contributed by atoms with E-state index in [2.05, 4.69) is 20.3 Å². The quantitative estimate of drug-likeness (QED) is 0.696. The van der Waals surface area contributed by atoms with Gasteiger partial charge in [-0.3, -0.25) is 9.69 Å². The van der Waals surface area contributed by atoms with Crippen LogP contribution in [-0.2, 0) is 11.0 Å². The highest BCUT2D eigenvalue weighted by atomic mass is 19.4. The molecule has 0 radical (unpaired) electrons. The number of fused-ring (bicyclic) bond motifs is 1. The Kier molecular flexibility index (Phi) is 5.97. The van der Waals surface area contributed by atoms with Crippen LogP contribution in [0.4, 0.5) is 22.0 Å². The van der Waals surface area contributed by atoms with E-state index >= 15 is 0 Å². The maximum Gasteiger partial charge on any atom is 0.451 e. The molecule has 2 aromatic heterocycles. The van der Waals surface area contributed by atoms with Gasteiger partial charge in [-0.2, -0.15) is 13.2 Å². The smallest absolute Gasteiger partial charge is 0.451 e. The van der Waals surface area contributed by atoms with Crippen LogP contribution in [0.3, 0.4) is 0 Å². The third-order valence-electron chi connectivity index (χ3n) is 5.63. The Hall–Kier alpha value is -2.89. The second-order valence-electron chi connectivity index (χ2n) is 7.75. The molecule has 1 saturated heterocycles. The Balaban J connectivity index is 1.50. The van der Waals surface area contributed by atoms with Gasteiger partial charge in [0.25, 0.3) is 5.92 Å². The normalized spacial score (nSPS) is 21.5. The van der Waals surface area contributed by atoms with Crippen molar-refractivity contribution in [3.63, 3.8) is 0 Å². The fraction of sp³-hybridized carbons (Fsp3) is 0.500. The van der Waals surface area contributed by atoms with Gasteiger partial charge in [-0.25, -0.2) is 23.7 Å². The first-order valence-electron chi connectivity index (χ1n) is 10.0. The van der Waals surface area contributed by atoms with Gasteiger partial charge in [0.1, 0.15) is 12.5 Å². The Morgan fingerprint density at radius 3 is 2.56 bits per heavy atom. The lowest BCUT2D eigenvalue weighted by Gasteiger charge is -2.37. The summed E-state index contributed by atoms with van der Waals surface area (Å²) in [6.45, 7) is 0.148. The summed E-state index contributed by atoms with van der Waals surface area (Å²) < 4.78 is 71.1. The van der Waals surface area contributed by atoms with Gasteiger partial charge >= 0.3 is 6.18 Å². The number of halogens is 5. The van der Waals surface area contributed by atoms with Gasteiger partial charge in [0.2, 0.25) is 17.6 Å². The van der Waals surface area contributed by atoms with E-state index in [0.717, 1.165) is 12.4 Å². The monoisotopic (exact) mass is 457 g/mol.